The fraction of sp³-hybridized carbons (Fsp3) is 0.286. The number of amides is 1. The first kappa shape index (κ1) is 24.8. The van der Waals surface area contributed by atoms with E-state index in [-0.39, 0.29) is 22.8 Å². The number of thioether (sulfide) groups is 1. The van der Waals surface area contributed by atoms with Gasteiger partial charge in [0.15, 0.2) is 5.16 Å². The van der Waals surface area contributed by atoms with Gasteiger partial charge in [-0.05, 0) is 43.5 Å². The van der Waals surface area contributed by atoms with E-state index in [0.717, 1.165) is 26.5 Å². The summed E-state index contributed by atoms with van der Waals surface area (Å²) in [5, 5.41) is 13.1. The van der Waals surface area contributed by atoms with Gasteiger partial charge in [0.2, 0.25) is 11.7 Å². The van der Waals surface area contributed by atoms with Crippen LogP contribution in [-0.4, -0.2) is 36.4 Å². The number of hydrogen-bond acceptors (Lipinski definition) is 7. The lowest BCUT2D eigenvalue weighted by Crippen LogP contribution is -2.32. The van der Waals surface area contributed by atoms with E-state index in [1.165, 1.54) is 11.8 Å². The minimum atomic E-state index is -0.350. The molecule has 6 rings (SSSR count). The summed E-state index contributed by atoms with van der Waals surface area (Å²) in [5.41, 5.74) is 2.54. The number of fused-ring (bicyclic) bond motifs is 5. The van der Waals surface area contributed by atoms with Gasteiger partial charge in [-0.25, -0.2) is 4.40 Å². The topological polar surface area (TPSA) is 90.5 Å². The van der Waals surface area contributed by atoms with Crippen LogP contribution in [0.25, 0.3) is 16.0 Å². The molecule has 1 aliphatic heterocycles. The fourth-order valence-corrected chi connectivity index (χ4v) is 6.80. The molecule has 8 nitrogen and oxygen atoms in total. The summed E-state index contributed by atoms with van der Waals surface area (Å²) >= 11 is 2.86. The molecular formula is C28H27N5O3S2. The Labute approximate surface area is 227 Å². The molecule has 0 saturated carbocycles. The molecule has 0 atom stereocenters. The lowest BCUT2D eigenvalue weighted by molar-refractivity contribution is -0.113. The van der Waals surface area contributed by atoms with Crippen LogP contribution in [-0.2, 0) is 35.5 Å². The Balaban J connectivity index is 1.41. The average Bonchev–Trinajstić information content (AvgIpc) is 3.49. The standard InChI is InChI=1S/C28H27N5O3S2/c1-28(2)15-20-21(16-36-28)38-25-23(20)24(35)32(14-13-18-9-5-3-6-10-18)26-30-31-27(33(25)26)37-17-22(34)29-19-11-7-4-8-12-19/h3-12H,13-17H2,1-2H3,(H,29,34). The van der Waals surface area contributed by atoms with Crippen molar-refractivity contribution in [2.75, 3.05) is 11.1 Å². The van der Waals surface area contributed by atoms with Gasteiger partial charge < -0.3 is 10.1 Å². The zero-order chi connectivity index (χ0) is 26.3. The van der Waals surface area contributed by atoms with Crippen LogP contribution in [0.1, 0.15) is 29.9 Å². The zero-order valence-electron chi connectivity index (χ0n) is 21.1. The predicted octanol–water partition coefficient (Wildman–Crippen LogP) is 4.93. The summed E-state index contributed by atoms with van der Waals surface area (Å²) in [6.45, 7) is 5.05. The van der Waals surface area contributed by atoms with Crippen molar-refractivity contribution >= 4 is 50.7 Å². The van der Waals surface area contributed by atoms with E-state index in [1.807, 2.05) is 52.9 Å². The minimum Gasteiger partial charge on any atom is -0.370 e. The maximum Gasteiger partial charge on any atom is 0.263 e. The highest BCUT2D eigenvalue weighted by atomic mass is 32.2. The molecule has 3 aromatic heterocycles. The third kappa shape index (κ3) is 4.75. The SMILES string of the molecule is CC1(C)Cc2c(sc3c2c(=O)n(CCc2ccccc2)c2nnc(SCC(=O)Nc4ccccc4)n32)CO1. The maximum atomic E-state index is 14.0. The van der Waals surface area contributed by atoms with Crippen LogP contribution in [0, 0.1) is 0 Å². The van der Waals surface area contributed by atoms with E-state index in [2.05, 4.69) is 41.5 Å². The second-order valence-corrected chi connectivity index (χ2v) is 11.9. The summed E-state index contributed by atoms with van der Waals surface area (Å²) in [6, 6.07) is 19.5. The number of aryl methyl sites for hydroxylation is 2. The molecule has 5 aromatic rings. The lowest BCUT2D eigenvalue weighted by atomic mass is 9.94. The third-order valence-electron chi connectivity index (χ3n) is 6.65. The number of thiophene rings is 1. The van der Waals surface area contributed by atoms with Crippen LogP contribution < -0.4 is 10.9 Å². The molecule has 0 unspecified atom stereocenters. The Hall–Kier alpha value is -3.47. The molecular weight excluding hydrogens is 518 g/mol. The smallest absolute Gasteiger partial charge is 0.263 e. The van der Waals surface area contributed by atoms with Crippen LogP contribution >= 0.6 is 23.1 Å². The van der Waals surface area contributed by atoms with Crippen LogP contribution in [0.3, 0.4) is 0 Å². The zero-order valence-corrected chi connectivity index (χ0v) is 22.8. The first-order valence-corrected chi connectivity index (χ1v) is 14.3. The molecule has 0 aliphatic carbocycles. The van der Waals surface area contributed by atoms with Gasteiger partial charge in [0.25, 0.3) is 5.56 Å². The van der Waals surface area contributed by atoms with Crippen molar-refractivity contribution in [3.63, 3.8) is 0 Å². The van der Waals surface area contributed by atoms with Crippen molar-refractivity contribution in [1.29, 1.82) is 0 Å². The van der Waals surface area contributed by atoms with E-state index in [9.17, 15) is 9.59 Å². The molecule has 38 heavy (non-hydrogen) atoms. The third-order valence-corrected chi connectivity index (χ3v) is 8.76. The number of hydrogen-bond donors (Lipinski definition) is 1. The number of carbonyl (C=O) groups is 1. The number of nitrogens with zero attached hydrogens (tertiary/aromatic N) is 4. The molecule has 4 heterocycles. The number of carbonyl (C=O) groups excluding carboxylic acids is 1. The van der Waals surface area contributed by atoms with Crippen molar-refractivity contribution in [2.45, 2.75) is 50.6 Å². The highest BCUT2D eigenvalue weighted by molar-refractivity contribution is 7.99. The van der Waals surface area contributed by atoms with Crippen molar-refractivity contribution in [3.05, 3.63) is 87.0 Å². The second kappa shape index (κ2) is 10.0. The number of benzene rings is 2. The fourth-order valence-electron chi connectivity index (χ4n) is 4.79. The lowest BCUT2D eigenvalue weighted by Gasteiger charge is -2.29. The van der Waals surface area contributed by atoms with Gasteiger partial charge in [-0.3, -0.25) is 14.2 Å². The molecule has 2 aromatic carbocycles. The van der Waals surface area contributed by atoms with E-state index in [1.54, 1.807) is 15.9 Å². The molecule has 1 aliphatic rings. The van der Waals surface area contributed by atoms with Gasteiger partial charge in [0, 0.05) is 23.5 Å². The molecule has 1 amide bonds. The van der Waals surface area contributed by atoms with Crippen molar-refractivity contribution in [3.8, 4) is 0 Å². The van der Waals surface area contributed by atoms with Crippen LogP contribution in [0.2, 0.25) is 0 Å². The summed E-state index contributed by atoms with van der Waals surface area (Å²) in [5.74, 6) is 0.525. The Morgan fingerprint density at radius 3 is 2.61 bits per heavy atom. The van der Waals surface area contributed by atoms with Gasteiger partial charge in [-0.2, -0.15) is 0 Å². The molecule has 0 spiro atoms. The Bertz CT molecular complexity index is 1690. The monoisotopic (exact) mass is 545 g/mol. The summed E-state index contributed by atoms with van der Waals surface area (Å²) in [7, 11) is 0. The predicted molar refractivity (Wildman–Crippen MR) is 151 cm³/mol. The number of anilines is 1. The van der Waals surface area contributed by atoms with E-state index < -0.39 is 0 Å². The average molecular weight is 546 g/mol. The van der Waals surface area contributed by atoms with Gasteiger partial charge >= 0.3 is 0 Å². The van der Waals surface area contributed by atoms with Crippen molar-refractivity contribution < 1.29 is 9.53 Å². The second-order valence-electron chi connectivity index (χ2n) is 9.92. The maximum absolute atomic E-state index is 14.0. The number of rotatable bonds is 7. The van der Waals surface area contributed by atoms with Gasteiger partial charge in [0.05, 0.1) is 23.3 Å². The molecule has 0 fully saturated rings. The molecule has 1 N–H and O–H groups in total. The Morgan fingerprint density at radius 2 is 1.84 bits per heavy atom. The van der Waals surface area contributed by atoms with E-state index in [0.29, 0.717) is 42.3 Å². The molecule has 0 saturated heterocycles. The first-order valence-electron chi connectivity index (χ1n) is 12.5. The van der Waals surface area contributed by atoms with Crippen molar-refractivity contribution in [2.24, 2.45) is 0 Å². The number of nitrogens with one attached hydrogen (secondary N) is 1. The number of aromatic nitrogens is 4. The van der Waals surface area contributed by atoms with Gasteiger partial charge in [-0.1, -0.05) is 60.3 Å². The van der Waals surface area contributed by atoms with E-state index >= 15 is 0 Å². The molecule has 194 valence electrons. The molecule has 10 heteroatoms. The van der Waals surface area contributed by atoms with Crippen molar-refractivity contribution in [1.82, 2.24) is 19.2 Å². The number of ether oxygens (including phenoxy) is 1. The Morgan fingerprint density at radius 1 is 1.11 bits per heavy atom. The summed E-state index contributed by atoms with van der Waals surface area (Å²) in [6.07, 6.45) is 1.35. The largest absolute Gasteiger partial charge is 0.370 e. The normalized spacial score (nSPS) is 14.6. The Kier molecular flexibility index (Phi) is 6.55. The highest BCUT2D eigenvalue weighted by Crippen LogP contribution is 2.38. The van der Waals surface area contributed by atoms with Gasteiger partial charge in [-0.15, -0.1) is 21.5 Å². The summed E-state index contributed by atoms with van der Waals surface area (Å²) < 4.78 is 9.73. The first-order chi connectivity index (χ1) is 18.4. The van der Waals surface area contributed by atoms with Crippen LogP contribution in [0.15, 0.2) is 70.6 Å². The summed E-state index contributed by atoms with van der Waals surface area (Å²) in [4.78, 5) is 28.5. The molecule has 0 bridgehead atoms. The van der Waals surface area contributed by atoms with Gasteiger partial charge in [0.1, 0.15) is 4.83 Å². The van der Waals surface area contributed by atoms with E-state index in [4.69, 9.17) is 4.74 Å². The highest BCUT2D eigenvalue weighted by Gasteiger charge is 2.32. The van der Waals surface area contributed by atoms with Crippen LogP contribution in [0.4, 0.5) is 5.69 Å². The van der Waals surface area contributed by atoms with Crippen LogP contribution in [0.5, 0.6) is 0 Å². The number of para-hydroxylation sites is 1. The molecule has 0 radical (unpaired) electrons. The quantitative estimate of drug-likeness (QED) is 0.292. The minimum absolute atomic E-state index is 0.0515.